The third-order valence-electron chi connectivity index (χ3n) is 4.15. The van der Waals surface area contributed by atoms with Gasteiger partial charge in [0.15, 0.2) is 0 Å². The van der Waals surface area contributed by atoms with Crippen molar-refractivity contribution in [3.05, 3.63) is 52.9 Å². The monoisotopic (exact) mass is 407 g/mol. The number of ether oxygens (including phenoxy) is 2. The number of imidazole rings is 1. The fourth-order valence-corrected chi connectivity index (χ4v) is 3.92. The number of aliphatic hydroxyl groups is 1. The van der Waals surface area contributed by atoms with Gasteiger partial charge in [-0.3, -0.25) is 0 Å². The zero-order chi connectivity index (χ0) is 20.3. The van der Waals surface area contributed by atoms with E-state index < -0.39 is 21.8 Å². The Hall–Kier alpha value is -2.82. The number of aromatic nitrogens is 2. The van der Waals surface area contributed by atoms with Crippen LogP contribution in [0, 0.1) is 0 Å². The van der Waals surface area contributed by atoms with Crippen LogP contribution in [0.1, 0.15) is 0 Å². The molecule has 3 N–H and O–H groups in total. The molecule has 0 radical (unpaired) electrons. The molecule has 0 aliphatic heterocycles. The first kappa shape index (κ1) is 19.9. The molecule has 1 unspecified atom stereocenters. The number of benzene rings is 2. The van der Waals surface area contributed by atoms with E-state index in [1.54, 1.807) is 24.3 Å². The summed E-state index contributed by atoms with van der Waals surface area (Å²) in [5.41, 5.74) is 0.489. The van der Waals surface area contributed by atoms with Crippen LogP contribution >= 0.6 is 0 Å². The van der Waals surface area contributed by atoms with Crippen molar-refractivity contribution in [3.63, 3.8) is 0 Å². The Labute approximate surface area is 161 Å². The molecule has 0 bridgehead atoms. The molecule has 10 heteroatoms. The number of aromatic amines is 2. The highest BCUT2D eigenvalue weighted by Gasteiger charge is 2.24. The summed E-state index contributed by atoms with van der Waals surface area (Å²) >= 11 is 0. The van der Waals surface area contributed by atoms with Gasteiger partial charge in [0.25, 0.3) is 0 Å². The zero-order valence-corrected chi connectivity index (χ0v) is 16.2. The van der Waals surface area contributed by atoms with E-state index >= 15 is 0 Å². The Balaban J connectivity index is 1.65. The zero-order valence-electron chi connectivity index (χ0n) is 15.4. The fraction of sp³-hybridized carbons (Fsp3) is 0.278. The number of likely N-dealkylation sites (N-methyl/N-ethyl adjacent to an activating group) is 1. The Morgan fingerprint density at radius 3 is 2.57 bits per heavy atom. The van der Waals surface area contributed by atoms with E-state index in [1.165, 1.54) is 32.4 Å². The highest BCUT2D eigenvalue weighted by atomic mass is 32.2. The van der Waals surface area contributed by atoms with Crippen LogP contribution < -0.4 is 15.2 Å². The molecule has 3 aromatic rings. The summed E-state index contributed by atoms with van der Waals surface area (Å²) in [6.45, 7) is -0.245. The fourth-order valence-electron chi connectivity index (χ4n) is 2.68. The standard InChI is InChI=1S/C18H21N3O6S/c1-21(10-12(22)11-27-14-5-3-4-13(8-14)26-2)28(24,25)15-6-7-16-17(9-15)20-18(23)19-16/h3-9,12,22H,10-11H2,1-2H3,(H2,19,20,23). The second kappa shape index (κ2) is 8.05. The summed E-state index contributed by atoms with van der Waals surface area (Å²) < 4.78 is 37.1. The third kappa shape index (κ3) is 4.35. The number of methoxy groups -OCH3 is 1. The van der Waals surface area contributed by atoms with Gasteiger partial charge in [0.05, 0.1) is 23.0 Å². The first-order chi connectivity index (χ1) is 13.3. The van der Waals surface area contributed by atoms with Gasteiger partial charge in [-0.25, -0.2) is 13.2 Å². The van der Waals surface area contributed by atoms with E-state index in [-0.39, 0.29) is 18.0 Å². The number of sulfonamides is 1. The van der Waals surface area contributed by atoms with Gasteiger partial charge >= 0.3 is 5.69 Å². The molecule has 0 spiro atoms. The minimum absolute atomic E-state index is 0.0127. The van der Waals surface area contributed by atoms with Gasteiger partial charge in [0, 0.05) is 19.7 Å². The molecule has 2 aromatic carbocycles. The van der Waals surface area contributed by atoms with E-state index in [2.05, 4.69) is 9.97 Å². The predicted octanol–water partition coefficient (Wildman–Crippen LogP) is 0.925. The van der Waals surface area contributed by atoms with Gasteiger partial charge in [0.2, 0.25) is 10.0 Å². The molecule has 0 aliphatic carbocycles. The quantitative estimate of drug-likeness (QED) is 0.510. The van der Waals surface area contributed by atoms with Gasteiger partial charge in [0.1, 0.15) is 24.2 Å². The average Bonchev–Trinajstić information content (AvgIpc) is 3.05. The summed E-state index contributed by atoms with van der Waals surface area (Å²) in [5.74, 6) is 1.12. The van der Waals surface area contributed by atoms with E-state index in [0.29, 0.717) is 22.5 Å². The minimum Gasteiger partial charge on any atom is -0.497 e. The number of nitrogens with one attached hydrogen (secondary N) is 2. The number of hydrogen-bond donors (Lipinski definition) is 3. The molecule has 0 saturated carbocycles. The average molecular weight is 407 g/mol. The molecular formula is C18H21N3O6S. The number of hydrogen-bond acceptors (Lipinski definition) is 6. The molecule has 1 heterocycles. The van der Waals surface area contributed by atoms with Gasteiger partial charge in [-0.1, -0.05) is 6.07 Å². The molecule has 0 fully saturated rings. The summed E-state index contributed by atoms with van der Waals surface area (Å²) in [6, 6.07) is 11.2. The lowest BCUT2D eigenvalue weighted by Crippen LogP contribution is -2.37. The maximum atomic E-state index is 12.7. The van der Waals surface area contributed by atoms with Crippen molar-refractivity contribution in [2.24, 2.45) is 0 Å². The molecule has 1 atom stereocenters. The van der Waals surface area contributed by atoms with Crippen LogP contribution in [0.3, 0.4) is 0 Å². The summed E-state index contributed by atoms with van der Waals surface area (Å²) in [5, 5.41) is 10.2. The van der Waals surface area contributed by atoms with Crippen molar-refractivity contribution in [3.8, 4) is 11.5 Å². The van der Waals surface area contributed by atoms with Crippen LogP contribution in [-0.4, -0.2) is 61.2 Å². The second-order valence-electron chi connectivity index (χ2n) is 6.22. The Morgan fingerprint density at radius 2 is 1.82 bits per heavy atom. The second-order valence-corrected chi connectivity index (χ2v) is 8.26. The van der Waals surface area contributed by atoms with Crippen molar-refractivity contribution < 1.29 is 23.0 Å². The van der Waals surface area contributed by atoms with Crippen LogP contribution in [0.2, 0.25) is 0 Å². The van der Waals surface area contributed by atoms with E-state index in [0.717, 1.165) is 4.31 Å². The van der Waals surface area contributed by atoms with Crippen LogP contribution in [0.15, 0.2) is 52.2 Å². The predicted molar refractivity (Wildman–Crippen MR) is 103 cm³/mol. The smallest absolute Gasteiger partial charge is 0.323 e. The highest BCUT2D eigenvalue weighted by Crippen LogP contribution is 2.20. The maximum absolute atomic E-state index is 12.7. The van der Waals surface area contributed by atoms with Crippen molar-refractivity contribution in [2.45, 2.75) is 11.0 Å². The van der Waals surface area contributed by atoms with Gasteiger partial charge in [-0.15, -0.1) is 0 Å². The maximum Gasteiger partial charge on any atom is 0.323 e. The van der Waals surface area contributed by atoms with Crippen molar-refractivity contribution in [1.82, 2.24) is 14.3 Å². The molecule has 28 heavy (non-hydrogen) atoms. The minimum atomic E-state index is -3.85. The number of H-pyrrole nitrogens is 2. The normalized spacial score (nSPS) is 13.0. The SMILES string of the molecule is COc1cccc(OCC(O)CN(C)S(=O)(=O)c2ccc3[nH]c(=O)[nH]c3c2)c1. The number of nitrogens with zero attached hydrogens (tertiary/aromatic N) is 1. The summed E-state index contributed by atoms with van der Waals surface area (Å²) in [6.07, 6.45) is -1.04. The van der Waals surface area contributed by atoms with Crippen LogP contribution in [0.25, 0.3) is 11.0 Å². The van der Waals surface area contributed by atoms with Crippen LogP contribution in [-0.2, 0) is 10.0 Å². The van der Waals surface area contributed by atoms with Crippen LogP contribution in [0.4, 0.5) is 0 Å². The topological polar surface area (TPSA) is 125 Å². The summed E-state index contributed by atoms with van der Waals surface area (Å²) in [7, 11) is -0.943. The molecule has 0 aliphatic rings. The highest BCUT2D eigenvalue weighted by molar-refractivity contribution is 7.89. The molecule has 150 valence electrons. The lowest BCUT2D eigenvalue weighted by Gasteiger charge is -2.21. The Morgan fingerprint density at radius 1 is 1.11 bits per heavy atom. The molecule has 0 saturated heterocycles. The first-order valence-corrected chi connectivity index (χ1v) is 9.87. The lowest BCUT2D eigenvalue weighted by atomic mass is 10.3. The van der Waals surface area contributed by atoms with Gasteiger partial charge in [-0.2, -0.15) is 4.31 Å². The lowest BCUT2D eigenvalue weighted by molar-refractivity contribution is 0.0934. The molecular weight excluding hydrogens is 386 g/mol. The van der Waals surface area contributed by atoms with Crippen molar-refractivity contribution >= 4 is 21.1 Å². The molecule has 0 amide bonds. The van der Waals surface area contributed by atoms with Crippen molar-refractivity contribution in [1.29, 1.82) is 0 Å². The molecule has 3 rings (SSSR count). The van der Waals surface area contributed by atoms with E-state index in [4.69, 9.17) is 9.47 Å². The van der Waals surface area contributed by atoms with E-state index in [1.807, 2.05) is 0 Å². The molecule has 9 nitrogen and oxygen atoms in total. The van der Waals surface area contributed by atoms with Crippen molar-refractivity contribution in [2.75, 3.05) is 27.3 Å². The van der Waals surface area contributed by atoms with Crippen LogP contribution in [0.5, 0.6) is 11.5 Å². The van der Waals surface area contributed by atoms with E-state index in [9.17, 15) is 18.3 Å². The Bertz CT molecular complexity index is 1120. The Kier molecular flexibility index (Phi) is 5.73. The molecule has 1 aromatic heterocycles. The summed E-state index contributed by atoms with van der Waals surface area (Å²) in [4.78, 5) is 16.4. The number of aliphatic hydroxyl groups excluding tert-OH is 1. The largest absolute Gasteiger partial charge is 0.497 e. The first-order valence-electron chi connectivity index (χ1n) is 8.43. The number of fused-ring (bicyclic) bond motifs is 1. The van der Waals surface area contributed by atoms with Gasteiger partial charge < -0.3 is 24.5 Å². The third-order valence-corrected chi connectivity index (χ3v) is 5.97. The number of rotatable bonds is 8. The van der Waals surface area contributed by atoms with Gasteiger partial charge in [-0.05, 0) is 30.3 Å².